The fourth-order valence-electron chi connectivity index (χ4n) is 4.24. The van der Waals surface area contributed by atoms with Crippen LogP contribution >= 0.6 is 0 Å². The molecule has 122 valence electrons. The summed E-state index contributed by atoms with van der Waals surface area (Å²) in [5.74, 6) is -0.657. The van der Waals surface area contributed by atoms with E-state index in [1.807, 2.05) is 18.2 Å². The zero-order valence-corrected chi connectivity index (χ0v) is 13.2. The van der Waals surface area contributed by atoms with Crippen molar-refractivity contribution >= 4 is 11.5 Å². The first-order chi connectivity index (χ1) is 11.4. The Balaban J connectivity index is 1.71. The molecule has 24 heavy (non-hydrogen) atoms. The Kier molecular flexibility index (Phi) is 2.33. The summed E-state index contributed by atoms with van der Waals surface area (Å²) in [6.45, 7) is 2.20. The maximum absolute atomic E-state index is 13.0. The molecular weight excluding hydrogens is 304 g/mol. The molecule has 0 amide bonds. The second-order valence-electron chi connectivity index (χ2n) is 7.23. The Morgan fingerprint density at radius 3 is 2.71 bits per heavy atom. The number of ketones is 1. The number of rotatable bonds is 1. The van der Waals surface area contributed by atoms with Crippen LogP contribution in [0, 0.1) is 5.92 Å². The van der Waals surface area contributed by atoms with Crippen molar-refractivity contribution in [1.82, 2.24) is 0 Å². The van der Waals surface area contributed by atoms with Crippen molar-refractivity contribution in [2.75, 3.05) is 5.73 Å². The van der Waals surface area contributed by atoms with Gasteiger partial charge in [-0.2, -0.15) is 0 Å². The van der Waals surface area contributed by atoms with E-state index in [0.717, 1.165) is 12.0 Å². The molecule has 5 rings (SSSR count). The molecule has 0 unspecified atom stereocenters. The van der Waals surface area contributed by atoms with Gasteiger partial charge in [0.2, 0.25) is 0 Å². The molecule has 1 heterocycles. The first-order valence-corrected chi connectivity index (χ1v) is 8.16. The summed E-state index contributed by atoms with van der Waals surface area (Å²) >= 11 is 0. The third kappa shape index (κ3) is 1.37. The molecule has 0 bridgehead atoms. The molecule has 0 saturated heterocycles. The van der Waals surface area contributed by atoms with Gasteiger partial charge in [0.05, 0.1) is 5.56 Å². The zero-order valence-electron chi connectivity index (χ0n) is 13.2. The highest BCUT2D eigenvalue weighted by Gasteiger charge is 2.69. The van der Waals surface area contributed by atoms with Crippen molar-refractivity contribution in [2.24, 2.45) is 11.7 Å². The Labute approximate surface area is 139 Å². The lowest BCUT2D eigenvalue weighted by Gasteiger charge is -2.29. The number of Topliss-reactive ketones (excluding diaryl/α,β-unsaturated/α-hetero) is 1. The first-order valence-electron chi connectivity index (χ1n) is 8.16. The Morgan fingerprint density at radius 2 is 2.00 bits per heavy atom. The number of nitrogen functional groups attached to an aromatic ring is 1. The van der Waals surface area contributed by atoms with Crippen molar-refractivity contribution in [1.29, 1.82) is 0 Å². The van der Waals surface area contributed by atoms with Gasteiger partial charge < -0.3 is 21.3 Å². The number of carbonyl (C=O) groups is 1. The predicted octanol–water partition coefficient (Wildman–Crippen LogP) is 1.98. The Bertz CT molecular complexity index is 925. The van der Waals surface area contributed by atoms with Gasteiger partial charge in [-0.3, -0.25) is 4.79 Å². The second kappa shape index (κ2) is 3.99. The largest absolute Gasteiger partial charge is 0.455 e. The van der Waals surface area contributed by atoms with Crippen LogP contribution in [0.15, 0.2) is 36.4 Å². The molecule has 2 aromatic rings. The molecule has 4 atom stereocenters. The number of fused-ring (bicyclic) bond motifs is 5. The zero-order chi connectivity index (χ0) is 16.9. The van der Waals surface area contributed by atoms with Crippen molar-refractivity contribution < 1.29 is 14.6 Å². The van der Waals surface area contributed by atoms with Crippen LogP contribution in [-0.2, 0) is 11.3 Å². The van der Waals surface area contributed by atoms with Crippen LogP contribution < -0.4 is 16.2 Å². The molecule has 0 spiro atoms. The summed E-state index contributed by atoms with van der Waals surface area (Å²) in [4.78, 5) is 13.0. The smallest absolute Gasteiger partial charge is 0.265 e. The van der Waals surface area contributed by atoms with Gasteiger partial charge in [0.25, 0.3) is 5.79 Å². The van der Waals surface area contributed by atoms with Crippen molar-refractivity contribution in [2.45, 2.75) is 30.6 Å². The molecule has 1 aliphatic heterocycles. The highest BCUT2D eigenvalue weighted by atomic mass is 16.6. The van der Waals surface area contributed by atoms with E-state index in [1.54, 1.807) is 18.2 Å². The fraction of sp³-hybridized carbons (Fsp3) is 0.316. The summed E-state index contributed by atoms with van der Waals surface area (Å²) in [6, 6.07) is 10.7. The molecular formula is C19H18N2O3. The van der Waals surface area contributed by atoms with Crippen LogP contribution in [0.25, 0.3) is 0 Å². The number of benzene rings is 2. The molecule has 3 aliphatic rings. The average Bonchev–Trinajstić information content (AvgIpc) is 3.19. The van der Waals surface area contributed by atoms with Gasteiger partial charge in [0, 0.05) is 16.8 Å². The highest BCUT2D eigenvalue weighted by molar-refractivity contribution is 6.13. The number of aliphatic hydroxyl groups is 1. The van der Waals surface area contributed by atoms with Crippen LogP contribution in [0.3, 0.4) is 0 Å². The molecule has 0 radical (unpaired) electrons. The van der Waals surface area contributed by atoms with Crippen LogP contribution in [0.4, 0.5) is 5.69 Å². The maximum Gasteiger partial charge on any atom is 0.265 e. The van der Waals surface area contributed by atoms with Gasteiger partial charge >= 0.3 is 0 Å². The van der Waals surface area contributed by atoms with Crippen molar-refractivity contribution in [3.63, 3.8) is 0 Å². The maximum atomic E-state index is 13.0. The van der Waals surface area contributed by atoms with E-state index >= 15 is 0 Å². The van der Waals surface area contributed by atoms with E-state index in [9.17, 15) is 9.90 Å². The van der Waals surface area contributed by atoms with Crippen LogP contribution in [0.2, 0.25) is 0 Å². The summed E-state index contributed by atoms with van der Waals surface area (Å²) in [6.07, 6.45) is 1.15. The van der Waals surface area contributed by atoms with Gasteiger partial charge in [-0.15, -0.1) is 0 Å². The molecule has 2 aliphatic carbocycles. The quantitative estimate of drug-likeness (QED) is 0.697. The third-order valence-corrected chi connectivity index (χ3v) is 5.81. The van der Waals surface area contributed by atoms with Gasteiger partial charge in [-0.25, -0.2) is 0 Å². The van der Waals surface area contributed by atoms with E-state index in [4.69, 9.17) is 16.2 Å². The van der Waals surface area contributed by atoms with E-state index in [1.165, 1.54) is 0 Å². The van der Waals surface area contributed by atoms with Gasteiger partial charge in [-0.1, -0.05) is 31.2 Å². The molecule has 5 heteroatoms. The lowest BCUT2D eigenvalue weighted by molar-refractivity contribution is -0.162. The van der Waals surface area contributed by atoms with E-state index in [0.29, 0.717) is 34.4 Å². The van der Waals surface area contributed by atoms with Crippen LogP contribution in [0.1, 0.15) is 46.3 Å². The molecule has 5 N–H and O–H groups in total. The highest BCUT2D eigenvalue weighted by Crippen LogP contribution is 2.58. The summed E-state index contributed by atoms with van der Waals surface area (Å²) in [7, 11) is 0. The monoisotopic (exact) mass is 322 g/mol. The minimum atomic E-state index is -1.91. The topological polar surface area (TPSA) is 98.6 Å². The normalized spacial score (nSPS) is 35.2. The minimum absolute atomic E-state index is 0.257. The Hall–Kier alpha value is -2.37. The Morgan fingerprint density at radius 1 is 1.25 bits per heavy atom. The number of ether oxygens (including phenoxy) is 1. The second-order valence-corrected chi connectivity index (χ2v) is 7.23. The third-order valence-electron chi connectivity index (χ3n) is 5.81. The number of hydrogen-bond acceptors (Lipinski definition) is 5. The van der Waals surface area contributed by atoms with Crippen LogP contribution in [-0.4, -0.2) is 10.9 Å². The van der Waals surface area contributed by atoms with E-state index < -0.39 is 17.1 Å². The van der Waals surface area contributed by atoms with Gasteiger partial charge in [0.15, 0.2) is 11.3 Å². The molecule has 1 saturated carbocycles. The number of nitrogens with two attached hydrogens (primary N) is 2. The summed E-state index contributed by atoms with van der Waals surface area (Å²) in [5.41, 5.74) is 13.3. The summed E-state index contributed by atoms with van der Waals surface area (Å²) in [5, 5.41) is 11.2. The van der Waals surface area contributed by atoms with Crippen LogP contribution in [0.5, 0.6) is 5.75 Å². The lowest BCUT2D eigenvalue weighted by Crippen LogP contribution is -2.55. The fourth-order valence-corrected chi connectivity index (χ4v) is 4.24. The SMILES string of the molecule is C[C@H]1C[C@@H]1c1ccc2c(c1)O[C@]1(O)c3cccc(N)c3C(=O)[C@]21N. The minimum Gasteiger partial charge on any atom is -0.455 e. The molecule has 0 aromatic heterocycles. The number of anilines is 1. The molecule has 2 aromatic carbocycles. The molecule has 1 fully saturated rings. The number of hydrogen-bond donors (Lipinski definition) is 3. The van der Waals surface area contributed by atoms with Crippen molar-refractivity contribution in [3.05, 3.63) is 58.7 Å². The van der Waals surface area contributed by atoms with Gasteiger partial charge in [0.1, 0.15) is 5.75 Å². The van der Waals surface area contributed by atoms with E-state index in [-0.39, 0.29) is 5.56 Å². The average molecular weight is 322 g/mol. The molecule has 5 nitrogen and oxygen atoms in total. The van der Waals surface area contributed by atoms with Gasteiger partial charge in [-0.05, 0) is 36.0 Å². The predicted molar refractivity (Wildman–Crippen MR) is 88.5 cm³/mol. The number of carbonyl (C=O) groups excluding carboxylic acids is 1. The standard InChI is InChI=1S/C19H18N2O3/c1-9-7-11(9)10-5-6-12-15(8-10)24-19(23)13-3-2-4-14(20)16(13)17(22)18(12,19)21/h2-6,8-9,11,23H,7,20-21H2,1H3/t9-,11-,18+,19+/m0/s1. The van der Waals surface area contributed by atoms with E-state index in [2.05, 4.69) is 6.92 Å². The first kappa shape index (κ1) is 14.0. The lowest BCUT2D eigenvalue weighted by atomic mass is 9.84. The summed E-state index contributed by atoms with van der Waals surface area (Å²) < 4.78 is 5.88. The van der Waals surface area contributed by atoms with Crippen molar-refractivity contribution in [3.8, 4) is 5.75 Å².